The Balaban J connectivity index is 2.29. The van der Waals surface area contributed by atoms with Gasteiger partial charge < -0.3 is 16.2 Å². The highest BCUT2D eigenvalue weighted by molar-refractivity contribution is 4.85. The molecule has 3 nitrogen and oxygen atoms in total. The molecule has 1 fully saturated rings. The van der Waals surface area contributed by atoms with Gasteiger partial charge in [0, 0.05) is 25.2 Å². The van der Waals surface area contributed by atoms with E-state index in [1.807, 2.05) is 0 Å². The molecule has 0 saturated heterocycles. The lowest BCUT2D eigenvalue weighted by Gasteiger charge is -2.25. The molecule has 3 atom stereocenters. The molecule has 15 heavy (non-hydrogen) atoms. The minimum absolute atomic E-state index is 0.322. The average Bonchev–Trinajstić information content (AvgIpc) is 2.71. The number of nitrogens with two attached hydrogens (primary N) is 1. The maximum Gasteiger partial charge on any atom is 0.0474 e. The van der Waals surface area contributed by atoms with Crippen LogP contribution in [0.2, 0.25) is 0 Å². The highest BCUT2D eigenvalue weighted by Gasteiger charge is 2.27. The molecule has 1 rings (SSSR count). The number of aliphatic hydroxyl groups excluding tert-OH is 1. The summed E-state index contributed by atoms with van der Waals surface area (Å²) >= 11 is 0. The molecule has 0 aliphatic heterocycles. The van der Waals surface area contributed by atoms with E-state index in [9.17, 15) is 5.11 Å². The van der Waals surface area contributed by atoms with Gasteiger partial charge in [0.05, 0.1) is 0 Å². The van der Waals surface area contributed by atoms with E-state index in [1.54, 1.807) is 0 Å². The van der Waals surface area contributed by atoms with E-state index in [2.05, 4.69) is 12.2 Å². The van der Waals surface area contributed by atoms with Gasteiger partial charge in [-0.15, -0.1) is 0 Å². The number of hydrogen-bond acceptors (Lipinski definition) is 3. The zero-order valence-corrected chi connectivity index (χ0v) is 9.91. The Morgan fingerprint density at radius 2 is 2.27 bits per heavy atom. The average molecular weight is 214 g/mol. The van der Waals surface area contributed by atoms with Crippen molar-refractivity contribution >= 4 is 0 Å². The van der Waals surface area contributed by atoms with Crippen molar-refractivity contribution in [1.29, 1.82) is 0 Å². The Hall–Kier alpha value is -0.120. The molecule has 0 aromatic heterocycles. The number of aliphatic hydroxyl groups is 1. The minimum atomic E-state index is 0.322. The number of hydrogen-bond donors (Lipinski definition) is 3. The molecule has 3 unspecified atom stereocenters. The predicted octanol–water partition coefficient (Wildman–Crippen LogP) is 1.25. The summed E-state index contributed by atoms with van der Waals surface area (Å²) in [5, 5.41) is 12.8. The van der Waals surface area contributed by atoms with Crippen LogP contribution in [0.1, 0.15) is 45.4 Å². The maximum absolute atomic E-state index is 9.23. The second-order valence-corrected chi connectivity index (χ2v) is 4.72. The van der Waals surface area contributed by atoms with Gasteiger partial charge in [0.1, 0.15) is 0 Å². The molecule has 0 heterocycles. The second-order valence-electron chi connectivity index (χ2n) is 4.72. The first-order chi connectivity index (χ1) is 7.31. The molecule has 90 valence electrons. The van der Waals surface area contributed by atoms with Gasteiger partial charge in [-0.25, -0.2) is 0 Å². The van der Waals surface area contributed by atoms with E-state index < -0.39 is 0 Å². The monoisotopic (exact) mass is 214 g/mol. The quantitative estimate of drug-likeness (QED) is 0.598. The Kier molecular flexibility index (Phi) is 6.22. The van der Waals surface area contributed by atoms with Crippen molar-refractivity contribution in [2.45, 2.75) is 57.5 Å². The first-order valence-corrected chi connectivity index (χ1v) is 6.38. The van der Waals surface area contributed by atoms with Gasteiger partial charge >= 0.3 is 0 Å². The van der Waals surface area contributed by atoms with Gasteiger partial charge in [-0.3, -0.25) is 0 Å². The summed E-state index contributed by atoms with van der Waals surface area (Å²) in [4.78, 5) is 0. The van der Waals surface area contributed by atoms with E-state index in [4.69, 9.17) is 5.73 Å². The van der Waals surface area contributed by atoms with Crippen LogP contribution in [-0.2, 0) is 0 Å². The van der Waals surface area contributed by atoms with Crippen LogP contribution in [0.15, 0.2) is 0 Å². The summed E-state index contributed by atoms with van der Waals surface area (Å²) in [5.41, 5.74) is 5.75. The van der Waals surface area contributed by atoms with E-state index in [1.165, 1.54) is 38.5 Å². The van der Waals surface area contributed by atoms with Gasteiger partial charge in [-0.05, 0) is 25.2 Å². The first-order valence-electron chi connectivity index (χ1n) is 6.38. The van der Waals surface area contributed by atoms with Gasteiger partial charge in [0.25, 0.3) is 0 Å². The minimum Gasteiger partial charge on any atom is -0.396 e. The molecule has 0 amide bonds. The topological polar surface area (TPSA) is 58.3 Å². The third kappa shape index (κ3) is 4.09. The van der Waals surface area contributed by atoms with Gasteiger partial charge in [0.2, 0.25) is 0 Å². The van der Waals surface area contributed by atoms with Crippen molar-refractivity contribution in [3.63, 3.8) is 0 Å². The maximum atomic E-state index is 9.23. The molecule has 0 radical (unpaired) electrons. The van der Waals surface area contributed by atoms with Crippen molar-refractivity contribution in [2.24, 2.45) is 11.7 Å². The fourth-order valence-corrected chi connectivity index (χ4v) is 2.50. The third-order valence-corrected chi connectivity index (χ3v) is 3.53. The molecule has 1 saturated carbocycles. The Bertz CT molecular complexity index is 164. The van der Waals surface area contributed by atoms with Gasteiger partial charge in [0.15, 0.2) is 0 Å². The highest BCUT2D eigenvalue weighted by atomic mass is 16.3. The molecule has 1 aliphatic rings. The summed E-state index contributed by atoms with van der Waals surface area (Å²) in [6.45, 7) is 3.25. The standard InChI is InChI=1S/C12H26N2O/c1-2-3-6-11(8-13)14-12-7-4-5-10(12)9-15/h10-12,14-15H,2-9,13H2,1H3. The summed E-state index contributed by atoms with van der Waals surface area (Å²) in [5.74, 6) is 0.459. The lowest BCUT2D eigenvalue weighted by atomic mass is 10.0. The van der Waals surface area contributed by atoms with E-state index in [-0.39, 0.29) is 0 Å². The number of unbranched alkanes of at least 4 members (excludes halogenated alkanes) is 1. The lowest BCUT2D eigenvalue weighted by Crippen LogP contribution is -2.45. The van der Waals surface area contributed by atoms with Gasteiger partial charge in [-0.2, -0.15) is 0 Å². The smallest absolute Gasteiger partial charge is 0.0474 e. The summed E-state index contributed by atoms with van der Waals surface area (Å²) in [7, 11) is 0. The zero-order chi connectivity index (χ0) is 11.1. The van der Waals surface area contributed by atoms with Crippen molar-refractivity contribution in [2.75, 3.05) is 13.2 Å². The molecular weight excluding hydrogens is 188 g/mol. The molecule has 0 aromatic carbocycles. The molecule has 3 heteroatoms. The van der Waals surface area contributed by atoms with Crippen molar-refractivity contribution < 1.29 is 5.11 Å². The second kappa shape index (κ2) is 7.20. The normalized spacial score (nSPS) is 28.2. The Morgan fingerprint density at radius 1 is 1.47 bits per heavy atom. The Labute approximate surface area is 93.4 Å². The molecule has 0 aromatic rings. The van der Waals surface area contributed by atoms with Crippen LogP contribution in [0.25, 0.3) is 0 Å². The fraction of sp³-hybridized carbons (Fsp3) is 1.00. The largest absolute Gasteiger partial charge is 0.396 e. The van der Waals surface area contributed by atoms with Crippen LogP contribution in [0.4, 0.5) is 0 Å². The van der Waals surface area contributed by atoms with E-state index in [0.29, 0.717) is 31.2 Å². The van der Waals surface area contributed by atoms with Crippen LogP contribution in [-0.4, -0.2) is 30.3 Å². The first kappa shape index (κ1) is 12.9. The van der Waals surface area contributed by atoms with E-state index >= 15 is 0 Å². The van der Waals surface area contributed by atoms with Crippen LogP contribution >= 0.6 is 0 Å². The Morgan fingerprint density at radius 3 is 2.87 bits per heavy atom. The fourth-order valence-electron chi connectivity index (χ4n) is 2.50. The van der Waals surface area contributed by atoms with E-state index in [0.717, 1.165) is 0 Å². The van der Waals surface area contributed by atoms with Crippen molar-refractivity contribution in [3.8, 4) is 0 Å². The van der Waals surface area contributed by atoms with Crippen LogP contribution in [0, 0.1) is 5.92 Å². The van der Waals surface area contributed by atoms with Crippen molar-refractivity contribution in [1.82, 2.24) is 5.32 Å². The lowest BCUT2D eigenvalue weighted by molar-refractivity contribution is 0.198. The molecule has 0 bridgehead atoms. The molecule has 0 spiro atoms. The van der Waals surface area contributed by atoms with Gasteiger partial charge in [-0.1, -0.05) is 26.2 Å². The van der Waals surface area contributed by atoms with Crippen LogP contribution < -0.4 is 11.1 Å². The predicted molar refractivity (Wildman–Crippen MR) is 63.7 cm³/mol. The summed E-state index contributed by atoms with van der Waals surface area (Å²) < 4.78 is 0. The van der Waals surface area contributed by atoms with Crippen LogP contribution in [0.5, 0.6) is 0 Å². The van der Waals surface area contributed by atoms with Crippen LogP contribution in [0.3, 0.4) is 0 Å². The van der Waals surface area contributed by atoms with Crippen molar-refractivity contribution in [3.05, 3.63) is 0 Å². The number of rotatable bonds is 7. The molecule has 1 aliphatic carbocycles. The highest BCUT2D eigenvalue weighted by Crippen LogP contribution is 2.25. The zero-order valence-electron chi connectivity index (χ0n) is 9.91. The summed E-state index contributed by atoms with van der Waals surface area (Å²) in [6.07, 6.45) is 7.25. The summed E-state index contributed by atoms with van der Waals surface area (Å²) in [6, 6.07) is 0.947. The SMILES string of the molecule is CCCCC(CN)NC1CCCC1CO. The number of nitrogens with one attached hydrogen (secondary N) is 1. The molecule has 4 N–H and O–H groups in total. The third-order valence-electron chi connectivity index (χ3n) is 3.53. The molecular formula is C12H26N2O.